The van der Waals surface area contributed by atoms with Gasteiger partial charge in [-0.2, -0.15) is 5.10 Å². The van der Waals surface area contributed by atoms with Gasteiger partial charge in [-0.25, -0.2) is 4.79 Å². The molecule has 0 aliphatic rings. The Kier molecular flexibility index (Phi) is 5.30. The number of carboxylic acid groups (broad SMARTS) is 1. The van der Waals surface area contributed by atoms with E-state index in [2.05, 4.69) is 10.4 Å². The van der Waals surface area contributed by atoms with Crippen molar-refractivity contribution in [3.05, 3.63) is 17.0 Å². The highest BCUT2D eigenvalue weighted by Gasteiger charge is 2.23. The molecule has 1 rings (SSSR count). The number of carbonyl (C=O) groups is 2. The smallest absolute Gasteiger partial charge is 0.326 e. The van der Waals surface area contributed by atoms with Gasteiger partial charge in [0.1, 0.15) is 6.04 Å². The van der Waals surface area contributed by atoms with Crippen LogP contribution < -0.4 is 5.32 Å². The summed E-state index contributed by atoms with van der Waals surface area (Å²) in [5.74, 6) is -1.52. The summed E-state index contributed by atoms with van der Waals surface area (Å²) >= 11 is 0. The minimum Gasteiger partial charge on any atom is -0.480 e. The monoisotopic (exact) mass is 281 g/mol. The summed E-state index contributed by atoms with van der Waals surface area (Å²) in [4.78, 5) is 23.0. The molecule has 0 aliphatic carbocycles. The van der Waals surface area contributed by atoms with E-state index in [1.54, 1.807) is 18.5 Å². The summed E-state index contributed by atoms with van der Waals surface area (Å²) in [5, 5.41) is 15.8. The molecule has 112 valence electrons. The van der Waals surface area contributed by atoms with Crippen LogP contribution in [0.25, 0.3) is 0 Å². The predicted molar refractivity (Wildman–Crippen MR) is 75.4 cm³/mol. The lowest BCUT2D eigenvalue weighted by Crippen LogP contribution is -2.43. The Bertz CT molecular complexity index is 508. The van der Waals surface area contributed by atoms with Gasteiger partial charge in [0, 0.05) is 18.7 Å². The molecule has 1 aromatic rings. The SMILES string of the molecule is CCC(NC(=O)C(C)Cc1c(C)nn(C)c1C)C(=O)O. The van der Waals surface area contributed by atoms with Gasteiger partial charge in [-0.05, 0) is 32.3 Å². The van der Waals surface area contributed by atoms with Gasteiger partial charge in [-0.15, -0.1) is 0 Å². The summed E-state index contributed by atoms with van der Waals surface area (Å²) in [6.45, 7) is 7.42. The Morgan fingerprint density at radius 2 is 2.00 bits per heavy atom. The first kappa shape index (κ1) is 16.2. The molecule has 1 aromatic heterocycles. The van der Waals surface area contributed by atoms with Gasteiger partial charge in [-0.3, -0.25) is 9.48 Å². The van der Waals surface area contributed by atoms with Crippen molar-refractivity contribution in [2.24, 2.45) is 13.0 Å². The molecule has 0 radical (unpaired) electrons. The van der Waals surface area contributed by atoms with Crippen LogP contribution in [0.5, 0.6) is 0 Å². The van der Waals surface area contributed by atoms with Crippen LogP contribution in [0.15, 0.2) is 0 Å². The van der Waals surface area contributed by atoms with Crippen LogP contribution in [-0.2, 0) is 23.1 Å². The molecule has 0 saturated carbocycles. The largest absolute Gasteiger partial charge is 0.480 e. The van der Waals surface area contributed by atoms with Crippen LogP contribution >= 0.6 is 0 Å². The van der Waals surface area contributed by atoms with E-state index >= 15 is 0 Å². The number of nitrogens with zero attached hydrogens (tertiary/aromatic N) is 2. The lowest BCUT2D eigenvalue weighted by molar-refractivity contribution is -0.142. The van der Waals surface area contributed by atoms with Crippen LogP contribution in [0, 0.1) is 19.8 Å². The van der Waals surface area contributed by atoms with Crippen LogP contribution in [0.2, 0.25) is 0 Å². The number of nitrogens with one attached hydrogen (secondary N) is 1. The van der Waals surface area contributed by atoms with E-state index in [1.807, 2.05) is 20.9 Å². The van der Waals surface area contributed by atoms with Gasteiger partial charge in [0.05, 0.1) is 5.69 Å². The van der Waals surface area contributed by atoms with Crippen LogP contribution in [0.1, 0.15) is 37.2 Å². The summed E-state index contributed by atoms with van der Waals surface area (Å²) in [6.07, 6.45) is 0.937. The third-order valence-corrected chi connectivity index (χ3v) is 3.64. The van der Waals surface area contributed by atoms with Crippen molar-refractivity contribution in [3.63, 3.8) is 0 Å². The van der Waals surface area contributed by atoms with Gasteiger partial charge in [0.15, 0.2) is 0 Å². The Hall–Kier alpha value is -1.85. The number of aliphatic carboxylic acids is 1. The average molecular weight is 281 g/mol. The first-order valence-electron chi connectivity index (χ1n) is 6.80. The summed E-state index contributed by atoms with van der Waals surface area (Å²) in [6, 6.07) is -0.818. The lowest BCUT2D eigenvalue weighted by atomic mass is 9.98. The first-order valence-corrected chi connectivity index (χ1v) is 6.80. The second kappa shape index (κ2) is 6.54. The first-order chi connectivity index (χ1) is 9.27. The zero-order chi connectivity index (χ0) is 15.4. The Morgan fingerprint density at radius 1 is 1.40 bits per heavy atom. The van der Waals surface area contributed by atoms with Crippen LogP contribution in [0.4, 0.5) is 0 Å². The molecule has 20 heavy (non-hydrogen) atoms. The lowest BCUT2D eigenvalue weighted by Gasteiger charge is -2.16. The molecule has 0 spiro atoms. The maximum Gasteiger partial charge on any atom is 0.326 e. The van der Waals surface area contributed by atoms with Crippen molar-refractivity contribution in [2.75, 3.05) is 0 Å². The normalized spacial score (nSPS) is 13.8. The Morgan fingerprint density at radius 3 is 2.40 bits per heavy atom. The molecule has 0 bridgehead atoms. The molecule has 1 heterocycles. The third-order valence-electron chi connectivity index (χ3n) is 3.64. The molecule has 0 fully saturated rings. The van der Waals surface area contributed by atoms with Crippen molar-refractivity contribution >= 4 is 11.9 Å². The number of aromatic nitrogens is 2. The number of hydrogen-bond donors (Lipinski definition) is 2. The summed E-state index contributed by atoms with van der Waals surface area (Å²) in [7, 11) is 1.87. The highest BCUT2D eigenvalue weighted by Crippen LogP contribution is 2.17. The van der Waals surface area contributed by atoms with Gasteiger partial charge in [0.25, 0.3) is 0 Å². The van der Waals surface area contributed by atoms with Crippen molar-refractivity contribution in [1.82, 2.24) is 15.1 Å². The van der Waals surface area contributed by atoms with Gasteiger partial charge >= 0.3 is 5.97 Å². The number of carbonyl (C=O) groups excluding carboxylic acids is 1. The molecule has 1 amide bonds. The second-order valence-corrected chi connectivity index (χ2v) is 5.19. The average Bonchev–Trinajstić information content (AvgIpc) is 2.61. The standard InChI is InChI=1S/C14H23N3O3/c1-6-12(14(19)20)15-13(18)8(2)7-11-9(3)16-17(5)10(11)4/h8,12H,6-7H2,1-5H3,(H,15,18)(H,19,20). The van der Waals surface area contributed by atoms with E-state index in [0.717, 1.165) is 17.0 Å². The molecule has 0 aromatic carbocycles. The highest BCUT2D eigenvalue weighted by atomic mass is 16.4. The molecule has 6 nitrogen and oxygen atoms in total. The zero-order valence-electron chi connectivity index (χ0n) is 12.7. The van der Waals surface area contributed by atoms with E-state index in [1.165, 1.54) is 0 Å². The van der Waals surface area contributed by atoms with Crippen molar-refractivity contribution in [1.29, 1.82) is 0 Å². The molecule has 2 N–H and O–H groups in total. The second-order valence-electron chi connectivity index (χ2n) is 5.19. The minimum atomic E-state index is -0.998. The van der Waals surface area contributed by atoms with Gasteiger partial charge in [0.2, 0.25) is 5.91 Å². The van der Waals surface area contributed by atoms with Crippen molar-refractivity contribution in [2.45, 2.75) is 46.6 Å². The number of aryl methyl sites for hydroxylation is 2. The fourth-order valence-electron chi connectivity index (χ4n) is 2.16. The van der Waals surface area contributed by atoms with Crippen molar-refractivity contribution < 1.29 is 14.7 Å². The number of rotatable bonds is 6. The van der Waals surface area contributed by atoms with E-state index in [-0.39, 0.29) is 11.8 Å². The third kappa shape index (κ3) is 3.59. The number of carboxylic acids is 1. The quantitative estimate of drug-likeness (QED) is 0.820. The zero-order valence-corrected chi connectivity index (χ0v) is 12.7. The number of amides is 1. The van der Waals surface area contributed by atoms with E-state index in [4.69, 9.17) is 5.11 Å². The molecule has 0 aliphatic heterocycles. The Labute approximate surface area is 119 Å². The molecular formula is C14H23N3O3. The molecule has 6 heteroatoms. The molecule has 2 atom stereocenters. The van der Waals surface area contributed by atoms with Crippen LogP contribution in [-0.4, -0.2) is 32.8 Å². The Balaban J connectivity index is 2.73. The highest BCUT2D eigenvalue weighted by molar-refractivity contribution is 5.84. The van der Waals surface area contributed by atoms with E-state index in [9.17, 15) is 9.59 Å². The van der Waals surface area contributed by atoms with E-state index in [0.29, 0.717) is 12.8 Å². The van der Waals surface area contributed by atoms with Gasteiger partial charge in [-0.1, -0.05) is 13.8 Å². The number of hydrogen-bond acceptors (Lipinski definition) is 3. The van der Waals surface area contributed by atoms with Crippen LogP contribution in [0.3, 0.4) is 0 Å². The fourth-order valence-corrected chi connectivity index (χ4v) is 2.16. The molecule has 2 unspecified atom stereocenters. The molecule has 0 saturated heterocycles. The molecular weight excluding hydrogens is 258 g/mol. The maximum absolute atomic E-state index is 12.0. The minimum absolute atomic E-state index is 0.234. The maximum atomic E-state index is 12.0. The van der Waals surface area contributed by atoms with Gasteiger partial charge < -0.3 is 10.4 Å². The fraction of sp³-hybridized carbons (Fsp3) is 0.643. The predicted octanol–water partition coefficient (Wildman–Crippen LogP) is 1.19. The van der Waals surface area contributed by atoms with Crippen molar-refractivity contribution in [3.8, 4) is 0 Å². The summed E-state index contributed by atoms with van der Waals surface area (Å²) < 4.78 is 1.79. The summed E-state index contributed by atoms with van der Waals surface area (Å²) in [5.41, 5.74) is 3.00. The topological polar surface area (TPSA) is 84.2 Å². The van der Waals surface area contributed by atoms with E-state index < -0.39 is 12.0 Å².